The van der Waals surface area contributed by atoms with E-state index in [1.165, 1.54) is 0 Å². The van der Waals surface area contributed by atoms with Gasteiger partial charge in [-0.3, -0.25) is 9.69 Å². The molecule has 0 spiro atoms. The summed E-state index contributed by atoms with van der Waals surface area (Å²) in [7, 11) is 2.09. The summed E-state index contributed by atoms with van der Waals surface area (Å²) >= 11 is 1.55. The predicted molar refractivity (Wildman–Crippen MR) is 161 cm³/mol. The van der Waals surface area contributed by atoms with Crippen molar-refractivity contribution in [3.8, 4) is 17.2 Å². The van der Waals surface area contributed by atoms with Gasteiger partial charge in [-0.15, -0.1) is 0 Å². The summed E-state index contributed by atoms with van der Waals surface area (Å²) in [6.07, 6.45) is 2.89. The predicted octanol–water partition coefficient (Wildman–Crippen LogP) is 4.58. The van der Waals surface area contributed by atoms with Crippen LogP contribution in [0.5, 0.6) is 17.2 Å². The van der Waals surface area contributed by atoms with Crippen LogP contribution in [0.15, 0.2) is 53.1 Å². The quantitative estimate of drug-likeness (QED) is 0.444. The zero-order valence-electron chi connectivity index (χ0n) is 24.1. The molecule has 3 unspecified atom stereocenters. The van der Waals surface area contributed by atoms with Crippen LogP contribution in [-0.2, 0) is 4.79 Å². The number of carbonyl (C=O) groups excluding carboxylic acids is 2. The fraction of sp³-hybridized carbons (Fsp3) is 0.484. The van der Waals surface area contributed by atoms with E-state index in [0.29, 0.717) is 22.2 Å². The molecule has 6 rings (SSSR count). The van der Waals surface area contributed by atoms with Gasteiger partial charge < -0.3 is 30.3 Å². The van der Waals surface area contributed by atoms with E-state index in [-0.39, 0.29) is 41.4 Å². The van der Waals surface area contributed by atoms with Gasteiger partial charge in [0.25, 0.3) is 5.91 Å². The average Bonchev–Trinajstić information content (AvgIpc) is 3.30. The Morgan fingerprint density at radius 3 is 2.71 bits per heavy atom. The van der Waals surface area contributed by atoms with Crippen LogP contribution in [0.4, 0.5) is 10.5 Å². The summed E-state index contributed by atoms with van der Waals surface area (Å²) in [5.41, 5.74) is 2.55. The minimum atomic E-state index is -0.195. The molecule has 4 atom stereocenters. The maximum Gasteiger partial charge on any atom is 0.326 e. The highest BCUT2D eigenvalue weighted by Crippen LogP contribution is 2.48. The highest BCUT2D eigenvalue weighted by atomic mass is 32.2. The van der Waals surface area contributed by atoms with Gasteiger partial charge in [-0.05, 0) is 96.1 Å². The number of urea groups is 1. The molecule has 3 N–H and O–H groups in total. The van der Waals surface area contributed by atoms with Gasteiger partial charge in [-0.1, -0.05) is 23.9 Å². The summed E-state index contributed by atoms with van der Waals surface area (Å²) < 4.78 is 12.1. The third kappa shape index (κ3) is 5.65. The molecule has 3 amide bonds. The molecule has 2 aromatic carbocycles. The number of hydrogen-bond donors (Lipinski definition) is 3. The summed E-state index contributed by atoms with van der Waals surface area (Å²) in [6.45, 7) is 8.66. The van der Waals surface area contributed by atoms with Crippen LogP contribution in [0.3, 0.4) is 0 Å². The number of para-hydroxylation sites is 2. The Morgan fingerprint density at radius 2 is 1.95 bits per heavy atom. The third-order valence-electron chi connectivity index (χ3n) is 8.17. The van der Waals surface area contributed by atoms with Crippen LogP contribution < -0.4 is 30.3 Å². The number of nitrogens with one attached hydrogen (secondary N) is 3. The van der Waals surface area contributed by atoms with Crippen molar-refractivity contribution in [3.63, 3.8) is 0 Å². The lowest BCUT2D eigenvalue weighted by Gasteiger charge is -2.46. The second kappa shape index (κ2) is 11.6. The van der Waals surface area contributed by atoms with E-state index >= 15 is 0 Å². The lowest BCUT2D eigenvalue weighted by atomic mass is 9.86. The minimum absolute atomic E-state index is 0.0108. The fourth-order valence-corrected chi connectivity index (χ4v) is 7.81. The Labute approximate surface area is 246 Å². The van der Waals surface area contributed by atoms with E-state index in [0.717, 1.165) is 55.8 Å². The highest BCUT2D eigenvalue weighted by Gasteiger charge is 2.52. The van der Waals surface area contributed by atoms with Gasteiger partial charge in [0, 0.05) is 29.9 Å². The normalized spacial score (nSPS) is 26.1. The number of likely N-dealkylation sites (tertiary alicyclic amines) is 1. The van der Waals surface area contributed by atoms with E-state index < -0.39 is 0 Å². The van der Waals surface area contributed by atoms with Crippen molar-refractivity contribution in [2.24, 2.45) is 5.92 Å². The topological polar surface area (TPSA) is 95.2 Å². The number of carbonyl (C=O) groups is 2. The number of hydrogen-bond acceptors (Lipinski definition) is 7. The Morgan fingerprint density at radius 1 is 1.15 bits per heavy atom. The molecule has 3 saturated heterocycles. The van der Waals surface area contributed by atoms with E-state index in [4.69, 9.17) is 9.47 Å². The maximum atomic E-state index is 13.7. The molecule has 0 saturated carbocycles. The molecule has 4 heterocycles. The van der Waals surface area contributed by atoms with Gasteiger partial charge in [-0.2, -0.15) is 0 Å². The number of aryl methyl sites for hydroxylation is 1. The second-order valence-electron chi connectivity index (χ2n) is 11.7. The SMILES string of the molecule is Cc1cc(Oc2ccccc2OC(C)C)ccc1N1C(=O)NC2=C(C(=O)N[C@@H]3CCCN(C)C3)SC3NCCC1C23. The Hall–Kier alpha value is -3.21. The Balaban J connectivity index is 1.23. The first-order valence-corrected chi connectivity index (χ1v) is 15.4. The molecule has 0 aliphatic carbocycles. The van der Waals surface area contributed by atoms with Crippen molar-refractivity contribution >= 4 is 29.4 Å². The lowest BCUT2D eigenvalue weighted by Crippen LogP contribution is -2.62. The first-order valence-electron chi connectivity index (χ1n) is 14.6. The molecular formula is C31H39N5O4S. The first-order chi connectivity index (χ1) is 19.8. The second-order valence-corrected chi connectivity index (χ2v) is 12.8. The molecule has 9 nitrogen and oxygen atoms in total. The van der Waals surface area contributed by atoms with Crippen molar-refractivity contribution in [2.75, 3.05) is 31.6 Å². The minimum Gasteiger partial charge on any atom is -0.487 e. The molecule has 0 bridgehead atoms. The van der Waals surface area contributed by atoms with Crippen LogP contribution in [0.2, 0.25) is 0 Å². The van der Waals surface area contributed by atoms with Gasteiger partial charge in [0.2, 0.25) is 0 Å². The number of ether oxygens (including phenoxy) is 2. The zero-order valence-corrected chi connectivity index (χ0v) is 24.9. The highest BCUT2D eigenvalue weighted by molar-refractivity contribution is 8.04. The number of benzene rings is 2. The van der Waals surface area contributed by atoms with Gasteiger partial charge in [0.15, 0.2) is 11.5 Å². The molecule has 3 fully saturated rings. The van der Waals surface area contributed by atoms with Crippen LogP contribution in [-0.4, -0.2) is 67.1 Å². The third-order valence-corrected chi connectivity index (χ3v) is 9.53. The van der Waals surface area contributed by atoms with Crippen molar-refractivity contribution in [2.45, 2.75) is 63.6 Å². The number of thioether (sulfide) groups is 1. The van der Waals surface area contributed by atoms with Crippen LogP contribution >= 0.6 is 11.8 Å². The molecule has 4 aliphatic heterocycles. The summed E-state index contributed by atoms with van der Waals surface area (Å²) in [4.78, 5) is 31.9. The monoisotopic (exact) mass is 577 g/mol. The summed E-state index contributed by atoms with van der Waals surface area (Å²) in [5.74, 6) is 1.95. The zero-order chi connectivity index (χ0) is 28.7. The molecular weight excluding hydrogens is 538 g/mol. The van der Waals surface area contributed by atoms with Gasteiger partial charge in [0.1, 0.15) is 5.75 Å². The largest absolute Gasteiger partial charge is 0.487 e. The van der Waals surface area contributed by atoms with E-state index in [1.807, 2.05) is 68.1 Å². The summed E-state index contributed by atoms with van der Waals surface area (Å²) in [5, 5.41) is 9.99. The maximum absolute atomic E-state index is 13.7. The Bertz CT molecular complexity index is 1360. The van der Waals surface area contributed by atoms with E-state index in [9.17, 15) is 9.59 Å². The molecule has 10 heteroatoms. The van der Waals surface area contributed by atoms with Crippen LogP contribution in [0.25, 0.3) is 0 Å². The van der Waals surface area contributed by atoms with Gasteiger partial charge >= 0.3 is 6.03 Å². The van der Waals surface area contributed by atoms with Gasteiger partial charge in [-0.25, -0.2) is 4.79 Å². The number of nitrogens with zero attached hydrogens (tertiary/aromatic N) is 2. The van der Waals surface area contributed by atoms with Crippen LogP contribution in [0, 0.1) is 12.8 Å². The molecule has 0 radical (unpaired) electrons. The van der Waals surface area contributed by atoms with Crippen molar-refractivity contribution in [1.29, 1.82) is 0 Å². The number of piperidine rings is 2. The van der Waals surface area contributed by atoms with Crippen molar-refractivity contribution in [1.82, 2.24) is 20.9 Å². The summed E-state index contributed by atoms with van der Waals surface area (Å²) in [6, 6.07) is 13.3. The molecule has 218 valence electrons. The van der Waals surface area contributed by atoms with Gasteiger partial charge in [0.05, 0.1) is 22.4 Å². The first kappa shape index (κ1) is 27.9. The lowest BCUT2D eigenvalue weighted by molar-refractivity contribution is -0.117. The van der Waals surface area contributed by atoms with Crippen molar-refractivity contribution in [3.05, 3.63) is 58.6 Å². The molecule has 0 aromatic heterocycles. The molecule has 41 heavy (non-hydrogen) atoms. The van der Waals surface area contributed by atoms with Crippen LogP contribution in [0.1, 0.15) is 38.7 Å². The number of amides is 3. The number of rotatable bonds is 7. The number of anilines is 1. The standard InChI is InChI=1S/C31H39N5O4S/c1-18(2)39-24-9-5-6-10-25(24)40-21-11-12-22(19(3)16-21)36-23-13-14-32-30-26(23)27(34-31(36)38)28(41-30)29(37)33-20-8-7-15-35(4)17-20/h5-6,9-12,16,18,20,23,26,30,32H,7-8,13-15,17H2,1-4H3,(H,33,37)(H,34,38)/t20-,23?,26?,30?/m1/s1. The average molecular weight is 578 g/mol. The fourth-order valence-electron chi connectivity index (χ4n) is 6.41. The van der Waals surface area contributed by atoms with E-state index in [2.05, 4.69) is 27.9 Å². The van der Waals surface area contributed by atoms with E-state index in [1.54, 1.807) is 11.8 Å². The smallest absolute Gasteiger partial charge is 0.326 e. The molecule has 4 aliphatic rings. The Kier molecular flexibility index (Phi) is 7.89. The molecule has 2 aromatic rings. The van der Waals surface area contributed by atoms with Crippen molar-refractivity contribution < 1.29 is 19.1 Å². The number of likely N-dealkylation sites (N-methyl/N-ethyl adjacent to an activating group) is 1.